The zero-order chi connectivity index (χ0) is 18.0. The highest BCUT2D eigenvalue weighted by atomic mass is 32.2. The van der Waals surface area contributed by atoms with Gasteiger partial charge in [-0.3, -0.25) is 9.59 Å². The number of thioether (sulfide) groups is 1. The van der Waals surface area contributed by atoms with Gasteiger partial charge in [-0.15, -0.1) is 11.8 Å². The van der Waals surface area contributed by atoms with Gasteiger partial charge < -0.3 is 10.1 Å². The first kappa shape index (κ1) is 17.2. The van der Waals surface area contributed by atoms with E-state index in [1.165, 1.54) is 11.8 Å². The van der Waals surface area contributed by atoms with Crippen LogP contribution < -0.4 is 5.32 Å². The number of nitrogens with one attached hydrogen (secondary N) is 1. The van der Waals surface area contributed by atoms with Crippen LogP contribution in [0.4, 0.5) is 5.69 Å². The van der Waals surface area contributed by atoms with Gasteiger partial charge in [-0.2, -0.15) is 0 Å². The van der Waals surface area contributed by atoms with E-state index in [2.05, 4.69) is 5.32 Å². The lowest BCUT2D eigenvalue weighted by Gasteiger charge is -2.17. The number of carbonyl (C=O) groups excluding carboxylic acids is 3. The Morgan fingerprint density at radius 2 is 1.80 bits per heavy atom. The summed E-state index contributed by atoms with van der Waals surface area (Å²) in [6.07, 6.45) is -0.893. The Kier molecular flexibility index (Phi) is 4.90. The number of anilines is 1. The number of fused-ring (bicyclic) bond motifs is 1. The van der Waals surface area contributed by atoms with E-state index in [9.17, 15) is 14.4 Å². The molecule has 1 atom stereocenters. The molecule has 2 aromatic carbocycles. The Morgan fingerprint density at radius 1 is 1.12 bits per heavy atom. The summed E-state index contributed by atoms with van der Waals surface area (Å²) >= 11 is 1.42. The molecule has 6 heteroatoms. The van der Waals surface area contributed by atoms with Gasteiger partial charge in [0.2, 0.25) is 11.7 Å². The minimum Gasteiger partial charge on any atom is -0.451 e. The Balaban J connectivity index is 1.71. The van der Waals surface area contributed by atoms with Crippen LogP contribution in [-0.2, 0) is 9.53 Å². The number of hydrogen-bond acceptors (Lipinski definition) is 5. The van der Waals surface area contributed by atoms with Crippen molar-refractivity contribution in [2.24, 2.45) is 0 Å². The van der Waals surface area contributed by atoms with E-state index < -0.39 is 12.1 Å². The smallest absolute Gasteiger partial charge is 0.338 e. The van der Waals surface area contributed by atoms with Crippen molar-refractivity contribution >= 4 is 35.1 Å². The molecule has 0 radical (unpaired) electrons. The molecule has 5 nitrogen and oxygen atoms in total. The Bertz CT molecular complexity index is 845. The number of hydrogen-bond donors (Lipinski definition) is 1. The van der Waals surface area contributed by atoms with Crippen molar-refractivity contribution < 1.29 is 19.1 Å². The number of rotatable bonds is 4. The number of ketones is 1. The molecule has 0 saturated carbocycles. The van der Waals surface area contributed by atoms with E-state index in [0.29, 0.717) is 22.6 Å². The molecule has 0 bridgehead atoms. The molecule has 0 spiro atoms. The Labute approximate surface area is 149 Å². The molecule has 1 aliphatic rings. The fourth-order valence-corrected chi connectivity index (χ4v) is 3.23. The van der Waals surface area contributed by atoms with Gasteiger partial charge in [-0.25, -0.2) is 4.79 Å². The highest BCUT2D eigenvalue weighted by Crippen LogP contribution is 2.32. The van der Waals surface area contributed by atoms with Crippen LogP contribution in [0, 0.1) is 6.92 Å². The SMILES string of the molecule is Cc1ccc(C(=O)[C@H](C)OC(=O)c2ccc3c(c2)NC(=O)CS3)cc1. The largest absolute Gasteiger partial charge is 0.451 e. The van der Waals surface area contributed by atoms with E-state index in [4.69, 9.17) is 4.74 Å². The number of benzene rings is 2. The van der Waals surface area contributed by atoms with E-state index in [1.54, 1.807) is 37.3 Å². The first-order valence-corrected chi connectivity index (χ1v) is 8.81. The lowest BCUT2D eigenvalue weighted by molar-refractivity contribution is -0.113. The van der Waals surface area contributed by atoms with Crippen molar-refractivity contribution in [2.75, 3.05) is 11.1 Å². The standard InChI is InChI=1S/C19H17NO4S/c1-11-3-5-13(6-4-11)18(22)12(2)24-19(23)14-7-8-16-15(9-14)20-17(21)10-25-16/h3-9,12H,10H2,1-2H3,(H,20,21)/t12-/m0/s1. The van der Waals surface area contributed by atoms with Crippen LogP contribution in [0.3, 0.4) is 0 Å². The number of amides is 1. The number of esters is 1. The number of aryl methyl sites for hydroxylation is 1. The van der Waals surface area contributed by atoms with Gasteiger partial charge in [0, 0.05) is 10.5 Å². The Morgan fingerprint density at radius 3 is 2.52 bits per heavy atom. The van der Waals surface area contributed by atoms with Crippen LogP contribution in [0.1, 0.15) is 33.2 Å². The van der Waals surface area contributed by atoms with Gasteiger partial charge in [-0.05, 0) is 32.0 Å². The zero-order valence-electron chi connectivity index (χ0n) is 13.9. The van der Waals surface area contributed by atoms with Crippen molar-refractivity contribution in [1.82, 2.24) is 0 Å². The van der Waals surface area contributed by atoms with E-state index in [1.807, 2.05) is 19.1 Å². The summed E-state index contributed by atoms with van der Waals surface area (Å²) in [5.74, 6) is -0.597. The molecular weight excluding hydrogens is 338 g/mol. The monoisotopic (exact) mass is 355 g/mol. The van der Waals surface area contributed by atoms with Crippen LogP contribution >= 0.6 is 11.8 Å². The summed E-state index contributed by atoms with van der Waals surface area (Å²) in [6, 6.07) is 12.1. The third-order valence-corrected chi connectivity index (χ3v) is 4.91. The molecule has 1 N–H and O–H groups in total. The maximum absolute atomic E-state index is 12.4. The number of carbonyl (C=O) groups is 3. The molecule has 0 saturated heterocycles. The average molecular weight is 355 g/mol. The topological polar surface area (TPSA) is 72.5 Å². The second-order valence-electron chi connectivity index (χ2n) is 5.83. The van der Waals surface area contributed by atoms with Gasteiger partial charge in [0.15, 0.2) is 6.10 Å². The highest BCUT2D eigenvalue weighted by molar-refractivity contribution is 8.00. The molecule has 0 unspecified atom stereocenters. The number of ether oxygens (including phenoxy) is 1. The van der Waals surface area contributed by atoms with Crippen LogP contribution in [0.15, 0.2) is 47.4 Å². The van der Waals surface area contributed by atoms with Gasteiger partial charge >= 0.3 is 5.97 Å². The summed E-state index contributed by atoms with van der Waals surface area (Å²) in [7, 11) is 0. The summed E-state index contributed by atoms with van der Waals surface area (Å²) in [4.78, 5) is 37.0. The molecule has 1 amide bonds. The Hall–Kier alpha value is -2.60. The van der Waals surface area contributed by atoms with Gasteiger partial charge in [0.05, 0.1) is 17.0 Å². The van der Waals surface area contributed by atoms with E-state index >= 15 is 0 Å². The van der Waals surface area contributed by atoms with Crippen LogP contribution in [0.5, 0.6) is 0 Å². The molecular formula is C19H17NO4S. The van der Waals surface area contributed by atoms with Gasteiger partial charge in [-0.1, -0.05) is 29.8 Å². The molecule has 0 aliphatic carbocycles. The predicted octanol–water partition coefficient (Wildman–Crippen LogP) is 3.47. The maximum Gasteiger partial charge on any atom is 0.338 e. The fraction of sp³-hybridized carbons (Fsp3) is 0.211. The molecule has 0 aromatic heterocycles. The summed E-state index contributed by atoms with van der Waals surface area (Å²) in [6.45, 7) is 3.49. The molecule has 3 rings (SSSR count). The van der Waals surface area contributed by atoms with Crippen molar-refractivity contribution in [3.63, 3.8) is 0 Å². The first-order valence-electron chi connectivity index (χ1n) is 7.82. The van der Waals surface area contributed by atoms with E-state index in [-0.39, 0.29) is 11.7 Å². The van der Waals surface area contributed by atoms with Crippen LogP contribution in [0.25, 0.3) is 0 Å². The van der Waals surface area contributed by atoms with Gasteiger partial charge in [0.1, 0.15) is 0 Å². The second-order valence-corrected chi connectivity index (χ2v) is 6.84. The normalized spacial score (nSPS) is 14.2. The highest BCUT2D eigenvalue weighted by Gasteiger charge is 2.22. The number of Topliss-reactive ketones (excluding diaryl/α,β-unsaturated/α-hetero) is 1. The van der Waals surface area contributed by atoms with Crippen molar-refractivity contribution in [3.8, 4) is 0 Å². The third-order valence-electron chi connectivity index (χ3n) is 3.84. The molecule has 1 aliphatic heterocycles. The lowest BCUT2D eigenvalue weighted by Crippen LogP contribution is -2.25. The van der Waals surface area contributed by atoms with Gasteiger partial charge in [0.25, 0.3) is 0 Å². The van der Waals surface area contributed by atoms with Crippen molar-refractivity contribution in [3.05, 3.63) is 59.2 Å². The fourth-order valence-electron chi connectivity index (χ4n) is 2.44. The van der Waals surface area contributed by atoms with Crippen molar-refractivity contribution in [2.45, 2.75) is 24.8 Å². The average Bonchev–Trinajstić information content (AvgIpc) is 2.61. The molecule has 25 heavy (non-hydrogen) atoms. The minimum absolute atomic E-state index is 0.106. The third kappa shape index (κ3) is 3.91. The maximum atomic E-state index is 12.4. The van der Waals surface area contributed by atoms with E-state index in [0.717, 1.165) is 10.5 Å². The molecule has 0 fully saturated rings. The molecule has 1 heterocycles. The van der Waals surface area contributed by atoms with Crippen LogP contribution in [-0.4, -0.2) is 29.5 Å². The quantitative estimate of drug-likeness (QED) is 0.672. The zero-order valence-corrected chi connectivity index (χ0v) is 14.7. The van der Waals surface area contributed by atoms with Crippen molar-refractivity contribution in [1.29, 1.82) is 0 Å². The second kappa shape index (κ2) is 7.11. The minimum atomic E-state index is -0.893. The summed E-state index contributed by atoms with van der Waals surface area (Å²) in [5.41, 5.74) is 2.44. The predicted molar refractivity (Wildman–Crippen MR) is 96.2 cm³/mol. The van der Waals surface area contributed by atoms with Crippen LogP contribution in [0.2, 0.25) is 0 Å². The summed E-state index contributed by atoms with van der Waals surface area (Å²) in [5, 5.41) is 2.73. The molecule has 128 valence electrons. The first-order chi connectivity index (χ1) is 11.9. The lowest BCUT2D eigenvalue weighted by atomic mass is 10.1. The summed E-state index contributed by atoms with van der Waals surface area (Å²) < 4.78 is 5.29. The molecule has 2 aromatic rings.